The molecule has 1 aromatic carbocycles. The van der Waals surface area contributed by atoms with Crippen molar-refractivity contribution < 1.29 is 4.79 Å². The molecule has 0 saturated carbocycles. The maximum Gasteiger partial charge on any atom is 0.150 e. The predicted octanol–water partition coefficient (Wildman–Crippen LogP) is 3.34. The Morgan fingerprint density at radius 2 is 2.40 bits per heavy atom. The summed E-state index contributed by atoms with van der Waals surface area (Å²) in [7, 11) is 0. The third-order valence-electron chi connectivity index (χ3n) is 3.35. The maximum atomic E-state index is 10.6. The number of carbonyl (C=O) groups excluding carboxylic acids is 1. The Labute approximate surface area is 90.8 Å². The molecule has 1 nitrogen and oxygen atoms in total. The maximum absolute atomic E-state index is 10.6. The van der Waals surface area contributed by atoms with Crippen molar-refractivity contribution in [3.05, 3.63) is 41.5 Å². The fourth-order valence-corrected chi connectivity index (χ4v) is 2.40. The van der Waals surface area contributed by atoms with Crippen molar-refractivity contribution in [2.45, 2.75) is 32.1 Å². The number of rotatable bonds is 3. The van der Waals surface area contributed by atoms with E-state index in [9.17, 15) is 4.79 Å². The van der Waals surface area contributed by atoms with Gasteiger partial charge < -0.3 is 0 Å². The molecule has 0 bridgehead atoms. The van der Waals surface area contributed by atoms with Gasteiger partial charge >= 0.3 is 0 Å². The molecule has 0 aromatic heterocycles. The van der Waals surface area contributed by atoms with Gasteiger partial charge in [0.25, 0.3) is 0 Å². The summed E-state index contributed by atoms with van der Waals surface area (Å²) in [5, 5.41) is 0. The van der Waals surface area contributed by atoms with E-state index in [2.05, 4.69) is 25.6 Å². The van der Waals surface area contributed by atoms with Crippen molar-refractivity contribution in [1.82, 2.24) is 0 Å². The fraction of sp³-hybridized carbons (Fsp3) is 0.357. The lowest BCUT2D eigenvalue weighted by Gasteiger charge is -2.08. The van der Waals surface area contributed by atoms with Crippen molar-refractivity contribution in [1.29, 1.82) is 0 Å². The molecule has 1 atom stereocenters. The van der Waals surface area contributed by atoms with Crippen LogP contribution in [-0.4, -0.2) is 6.29 Å². The molecule has 0 amide bonds. The summed E-state index contributed by atoms with van der Waals surface area (Å²) in [6.07, 6.45) is 4.44. The number of hydrogen-bond donors (Lipinski definition) is 0. The van der Waals surface area contributed by atoms with Crippen molar-refractivity contribution >= 4 is 11.9 Å². The lowest BCUT2D eigenvalue weighted by Crippen LogP contribution is -1.92. The van der Waals surface area contributed by atoms with E-state index in [4.69, 9.17) is 0 Å². The molecule has 78 valence electrons. The van der Waals surface area contributed by atoms with Crippen LogP contribution in [0, 0.1) is 0 Å². The number of allylic oxidation sites excluding steroid dienone is 1. The van der Waals surface area contributed by atoms with Crippen LogP contribution in [0.25, 0.3) is 5.57 Å². The molecule has 0 N–H and O–H groups in total. The van der Waals surface area contributed by atoms with Crippen molar-refractivity contribution in [2.24, 2.45) is 0 Å². The average Bonchev–Trinajstić information content (AvgIpc) is 2.69. The van der Waals surface area contributed by atoms with Gasteiger partial charge in [0.1, 0.15) is 6.29 Å². The van der Waals surface area contributed by atoms with Gasteiger partial charge in [0.2, 0.25) is 0 Å². The van der Waals surface area contributed by atoms with Crippen LogP contribution in [0.5, 0.6) is 0 Å². The number of hydrogen-bond acceptors (Lipinski definition) is 1. The first-order chi connectivity index (χ1) is 7.26. The van der Waals surface area contributed by atoms with E-state index < -0.39 is 0 Å². The quantitative estimate of drug-likeness (QED) is 0.540. The molecular formula is C14H16O. The van der Waals surface area contributed by atoms with Gasteiger partial charge in [-0.15, -0.1) is 0 Å². The molecular weight excluding hydrogens is 184 g/mol. The number of fused-ring (bicyclic) bond motifs is 1. The number of carbonyl (C=O) groups is 1. The summed E-state index contributed by atoms with van der Waals surface area (Å²) in [5.41, 5.74) is 4.43. The Kier molecular flexibility index (Phi) is 2.72. The Morgan fingerprint density at radius 3 is 3.07 bits per heavy atom. The van der Waals surface area contributed by atoms with Crippen LogP contribution in [0.1, 0.15) is 42.4 Å². The van der Waals surface area contributed by atoms with Crippen molar-refractivity contribution in [2.75, 3.05) is 0 Å². The van der Waals surface area contributed by atoms with E-state index in [0.29, 0.717) is 5.57 Å². The second kappa shape index (κ2) is 4.01. The number of aldehydes is 1. The molecule has 1 heteroatoms. The number of aryl methyl sites for hydroxylation is 1. The Hall–Kier alpha value is -1.37. The van der Waals surface area contributed by atoms with Crippen LogP contribution in [-0.2, 0) is 11.2 Å². The second-order valence-corrected chi connectivity index (χ2v) is 4.20. The largest absolute Gasteiger partial charge is 0.298 e. The summed E-state index contributed by atoms with van der Waals surface area (Å²) in [6, 6.07) is 6.31. The lowest BCUT2D eigenvalue weighted by molar-refractivity contribution is -0.103. The van der Waals surface area contributed by atoms with Gasteiger partial charge in [-0.2, -0.15) is 0 Å². The van der Waals surface area contributed by atoms with Gasteiger partial charge in [-0.05, 0) is 41.9 Å². The van der Waals surface area contributed by atoms with E-state index in [1.807, 2.05) is 6.07 Å². The third-order valence-corrected chi connectivity index (χ3v) is 3.35. The molecule has 1 unspecified atom stereocenters. The van der Waals surface area contributed by atoms with Crippen molar-refractivity contribution in [3.8, 4) is 0 Å². The normalized spacial score (nSPS) is 18.6. The van der Waals surface area contributed by atoms with Crippen LogP contribution < -0.4 is 0 Å². The highest BCUT2D eigenvalue weighted by atomic mass is 16.1. The molecule has 0 saturated heterocycles. The first kappa shape index (κ1) is 10.2. The van der Waals surface area contributed by atoms with Crippen LogP contribution in [0.4, 0.5) is 0 Å². The SMILES string of the molecule is C=C(C=O)c1ccc2c(c1)CCC2CC. The molecule has 1 aromatic rings. The molecule has 0 spiro atoms. The van der Waals surface area contributed by atoms with E-state index in [1.54, 1.807) is 0 Å². The van der Waals surface area contributed by atoms with E-state index in [0.717, 1.165) is 24.2 Å². The molecule has 0 fully saturated rings. The summed E-state index contributed by atoms with van der Waals surface area (Å²) in [6.45, 7) is 5.97. The van der Waals surface area contributed by atoms with Crippen LogP contribution >= 0.6 is 0 Å². The highest BCUT2D eigenvalue weighted by Gasteiger charge is 2.20. The topological polar surface area (TPSA) is 17.1 Å². The molecule has 0 radical (unpaired) electrons. The molecule has 2 rings (SSSR count). The van der Waals surface area contributed by atoms with Gasteiger partial charge in [0.05, 0.1) is 0 Å². The minimum absolute atomic E-state index is 0.581. The molecule has 1 aliphatic rings. The zero-order chi connectivity index (χ0) is 10.8. The van der Waals surface area contributed by atoms with Crippen LogP contribution in [0.15, 0.2) is 24.8 Å². The van der Waals surface area contributed by atoms with Crippen LogP contribution in [0.2, 0.25) is 0 Å². The smallest absolute Gasteiger partial charge is 0.150 e. The van der Waals surface area contributed by atoms with Gasteiger partial charge in [0, 0.05) is 5.57 Å². The highest BCUT2D eigenvalue weighted by molar-refractivity contribution is 6.05. The summed E-state index contributed by atoms with van der Waals surface area (Å²) in [5.74, 6) is 0.721. The van der Waals surface area contributed by atoms with Gasteiger partial charge in [0.15, 0.2) is 0 Å². The summed E-state index contributed by atoms with van der Waals surface area (Å²) >= 11 is 0. The molecule has 1 aliphatic carbocycles. The highest BCUT2D eigenvalue weighted by Crippen LogP contribution is 2.36. The second-order valence-electron chi connectivity index (χ2n) is 4.20. The monoisotopic (exact) mass is 200 g/mol. The molecule has 0 aliphatic heterocycles. The van der Waals surface area contributed by atoms with E-state index >= 15 is 0 Å². The summed E-state index contributed by atoms with van der Waals surface area (Å²) in [4.78, 5) is 10.6. The standard InChI is InChI=1S/C14H16O/c1-3-11-4-5-13-8-12(10(2)9-15)6-7-14(11)13/h6-9,11H,2-5H2,1H3. The van der Waals surface area contributed by atoms with Gasteiger partial charge in [-0.25, -0.2) is 0 Å². The van der Waals surface area contributed by atoms with Crippen LogP contribution in [0.3, 0.4) is 0 Å². The Morgan fingerprint density at radius 1 is 1.60 bits per heavy atom. The first-order valence-corrected chi connectivity index (χ1v) is 5.53. The van der Waals surface area contributed by atoms with E-state index in [1.165, 1.54) is 24.0 Å². The van der Waals surface area contributed by atoms with E-state index in [-0.39, 0.29) is 0 Å². The van der Waals surface area contributed by atoms with Gasteiger partial charge in [-0.3, -0.25) is 4.79 Å². The fourth-order valence-electron chi connectivity index (χ4n) is 2.40. The minimum Gasteiger partial charge on any atom is -0.298 e. The lowest BCUT2D eigenvalue weighted by atomic mass is 9.96. The first-order valence-electron chi connectivity index (χ1n) is 5.53. The zero-order valence-corrected chi connectivity index (χ0v) is 9.12. The molecule has 15 heavy (non-hydrogen) atoms. The Balaban J connectivity index is 2.37. The summed E-state index contributed by atoms with van der Waals surface area (Å²) < 4.78 is 0. The minimum atomic E-state index is 0.581. The van der Waals surface area contributed by atoms with Gasteiger partial charge in [-0.1, -0.05) is 31.7 Å². The predicted molar refractivity (Wildman–Crippen MR) is 62.9 cm³/mol. The van der Waals surface area contributed by atoms with Crippen molar-refractivity contribution in [3.63, 3.8) is 0 Å². The molecule has 0 heterocycles. The third kappa shape index (κ3) is 1.74. The number of benzene rings is 1. The zero-order valence-electron chi connectivity index (χ0n) is 9.12. The average molecular weight is 200 g/mol. The Bertz CT molecular complexity index is 404.